The lowest BCUT2D eigenvalue weighted by Crippen LogP contribution is -2.18. The number of halogens is 1. The number of hydrogen-bond donors (Lipinski definition) is 1. The summed E-state index contributed by atoms with van der Waals surface area (Å²) in [5.74, 6) is 1.20. The maximum atomic E-state index is 12.5. The van der Waals surface area contributed by atoms with Crippen molar-refractivity contribution in [3.63, 3.8) is 0 Å². The van der Waals surface area contributed by atoms with Gasteiger partial charge in [-0.1, -0.05) is 24.6 Å². The number of carbonyl (C=O) groups excluding carboxylic acids is 1. The zero-order valence-corrected chi connectivity index (χ0v) is 15.5. The van der Waals surface area contributed by atoms with Gasteiger partial charge in [0.05, 0.1) is 6.42 Å². The van der Waals surface area contributed by atoms with Crippen molar-refractivity contribution in [2.75, 3.05) is 5.32 Å². The van der Waals surface area contributed by atoms with Crippen molar-refractivity contribution >= 4 is 29.0 Å². The first-order valence-corrected chi connectivity index (χ1v) is 8.54. The van der Waals surface area contributed by atoms with Crippen LogP contribution in [0.4, 0.5) is 5.69 Å². The highest BCUT2D eigenvalue weighted by molar-refractivity contribution is 6.31. The maximum Gasteiger partial charge on any atom is 0.252 e. The van der Waals surface area contributed by atoms with Gasteiger partial charge in [0.1, 0.15) is 0 Å². The highest BCUT2D eigenvalue weighted by Crippen LogP contribution is 2.21. The van der Waals surface area contributed by atoms with Crippen LogP contribution in [0.3, 0.4) is 0 Å². The molecule has 0 bridgehead atoms. The van der Waals surface area contributed by atoms with E-state index >= 15 is 0 Å². The van der Waals surface area contributed by atoms with Crippen LogP contribution in [-0.2, 0) is 17.6 Å². The Kier molecular flexibility index (Phi) is 4.72. The molecule has 0 radical (unpaired) electrons. The van der Waals surface area contributed by atoms with Gasteiger partial charge in [0.15, 0.2) is 5.82 Å². The summed E-state index contributed by atoms with van der Waals surface area (Å²) in [6, 6.07) is 5.43. The van der Waals surface area contributed by atoms with Crippen molar-refractivity contribution in [2.24, 2.45) is 0 Å². The highest BCUT2D eigenvalue weighted by Gasteiger charge is 2.16. The summed E-state index contributed by atoms with van der Waals surface area (Å²) in [5, 5.41) is 7.95. The van der Waals surface area contributed by atoms with Crippen LogP contribution in [0.2, 0.25) is 5.02 Å². The molecule has 0 atom stereocenters. The third-order valence-corrected chi connectivity index (χ3v) is 4.46. The molecule has 25 heavy (non-hydrogen) atoms. The second kappa shape index (κ2) is 6.80. The third kappa shape index (κ3) is 3.49. The van der Waals surface area contributed by atoms with Crippen LogP contribution in [0.5, 0.6) is 0 Å². The van der Waals surface area contributed by atoms with Crippen LogP contribution in [-0.4, -0.2) is 25.5 Å². The predicted octanol–water partition coefficient (Wildman–Crippen LogP) is 3.45. The minimum atomic E-state index is -0.117. The minimum Gasteiger partial charge on any atom is -0.326 e. The summed E-state index contributed by atoms with van der Waals surface area (Å²) in [7, 11) is 0. The molecule has 0 aliphatic heterocycles. The molecule has 0 fully saturated rings. The number of fused-ring (bicyclic) bond motifs is 1. The topological polar surface area (TPSA) is 72.2 Å². The Morgan fingerprint density at radius 3 is 2.72 bits per heavy atom. The number of benzene rings is 1. The smallest absolute Gasteiger partial charge is 0.252 e. The van der Waals surface area contributed by atoms with Gasteiger partial charge in [-0.05, 0) is 38.5 Å². The largest absolute Gasteiger partial charge is 0.326 e. The summed E-state index contributed by atoms with van der Waals surface area (Å²) in [4.78, 5) is 21.4. The predicted molar refractivity (Wildman–Crippen MR) is 98.2 cm³/mol. The number of hydrogen-bond acceptors (Lipinski definition) is 4. The van der Waals surface area contributed by atoms with Gasteiger partial charge in [0.2, 0.25) is 5.91 Å². The molecule has 3 rings (SSSR count). The lowest BCUT2D eigenvalue weighted by molar-refractivity contribution is -0.115. The molecule has 1 aromatic carbocycles. The molecule has 0 aliphatic rings. The lowest BCUT2D eigenvalue weighted by Gasteiger charge is -2.12. The molecule has 0 unspecified atom stereocenters. The Labute approximate surface area is 151 Å². The summed E-state index contributed by atoms with van der Waals surface area (Å²) in [6.45, 7) is 7.75. The average Bonchev–Trinajstić information content (AvgIpc) is 2.98. The molecule has 0 aliphatic carbocycles. The monoisotopic (exact) mass is 357 g/mol. The van der Waals surface area contributed by atoms with Crippen LogP contribution < -0.4 is 5.32 Å². The molecule has 6 nitrogen and oxygen atoms in total. The van der Waals surface area contributed by atoms with Crippen LogP contribution in [0.25, 0.3) is 5.78 Å². The van der Waals surface area contributed by atoms with Crippen molar-refractivity contribution in [3.8, 4) is 0 Å². The molecule has 0 spiro atoms. The van der Waals surface area contributed by atoms with E-state index in [1.54, 1.807) is 16.6 Å². The van der Waals surface area contributed by atoms with E-state index in [1.165, 1.54) is 0 Å². The Hall–Kier alpha value is -2.47. The van der Waals surface area contributed by atoms with E-state index in [9.17, 15) is 4.79 Å². The van der Waals surface area contributed by atoms with E-state index in [1.807, 2.05) is 33.8 Å². The fraction of sp³-hybridized carbons (Fsp3) is 0.333. The second-order valence-corrected chi connectivity index (χ2v) is 6.48. The minimum absolute atomic E-state index is 0.117. The number of nitrogens with zero attached hydrogens (tertiary/aromatic N) is 4. The van der Waals surface area contributed by atoms with E-state index in [2.05, 4.69) is 20.4 Å². The van der Waals surface area contributed by atoms with Gasteiger partial charge in [0, 0.05) is 34.1 Å². The van der Waals surface area contributed by atoms with E-state index in [0.717, 1.165) is 40.4 Å². The number of rotatable bonds is 4. The SMILES string of the molecule is CCc1nc2nc(C)c(CC(=O)Nc3cc(Cl)ccc3C)c(C)n2n1. The third-order valence-electron chi connectivity index (χ3n) is 4.22. The number of carbonyl (C=O) groups is 1. The van der Waals surface area contributed by atoms with Crippen molar-refractivity contribution < 1.29 is 4.79 Å². The van der Waals surface area contributed by atoms with Gasteiger partial charge in [-0.2, -0.15) is 4.98 Å². The van der Waals surface area contributed by atoms with Crippen molar-refractivity contribution in [2.45, 2.75) is 40.5 Å². The van der Waals surface area contributed by atoms with E-state index < -0.39 is 0 Å². The lowest BCUT2D eigenvalue weighted by atomic mass is 10.1. The fourth-order valence-corrected chi connectivity index (χ4v) is 2.91. The number of anilines is 1. The van der Waals surface area contributed by atoms with Crippen LogP contribution in [0, 0.1) is 20.8 Å². The van der Waals surface area contributed by atoms with Crippen molar-refractivity contribution in [1.29, 1.82) is 0 Å². The Morgan fingerprint density at radius 2 is 2.00 bits per heavy atom. The van der Waals surface area contributed by atoms with Crippen molar-refractivity contribution in [1.82, 2.24) is 19.6 Å². The van der Waals surface area contributed by atoms with Gasteiger partial charge >= 0.3 is 0 Å². The molecule has 2 aromatic heterocycles. The normalized spacial score (nSPS) is 11.1. The van der Waals surface area contributed by atoms with Gasteiger partial charge in [-0.3, -0.25) is 4.79 Å². The first kappa shape index (κ1) is 17.4. The van der Waals surface area contributed by atoms with E-state index in [-0.39, 0.29) is 12.3 Å². The maximum absolute atomic E-state index is 12.5. The second-order valence-electron chi connectivity index (χ2n) is 6.04. The summed E-state index contributed by atoms with van der Waals surface area (Å²) < 4.78 is 1.71. The van der Waals surface area contributed by atoms with Gasteiger partial charge in [0.25, 0.3) is 5.78 Å². The van der Waals surface area contributed by atoms with Crippen molar-refractivity contribution in [3.05, 3.63) is 51.6 Å². The molecule has 7 heteroatoms. The summed E-state index contributed by atoms with van der Waals surface area (Å²) in [6.07, 6.45) is 0.958. The van der Waals surface area contributed by atoms with Crippen LogP contribution in [0.15, 0.2) is 18.2 Å². The van der Waals surface area contributed by atoms with E-state index in [0.29, 0.717) is 10.8 Å². The number of nitrogens with one attached hydrogen (secondary N) is 1. The molecule has 1 amide bonds. The quantitative estimate of drug-likeness (QED) is 0.776. The highest BCUT2D eigenvalue weighted by atomic mass is 35.5. The van der Waals surface area contributed by atoms with Gasteiger partial charge < -0.3 is 5.32 Å². The van der Waals surface area contributed by atoms with Crippen LogP contribution >= 0.6 is 11.6 Å². The summed E-state index contributed by atoms with van der Waals surface area (Å²) >= 11 is 6.01. The zero-order chi connectivity index (χ0) is 18.1. The van der Waals surface area contributed by atoms with Gasteiger partial charge in [-0.15, -0.1) is 5.10 Å². The van der Waals surface area contributed by atoms with E-state index in [4.69, 9.17) is 11.6 Å². The Balaban J connectivity index is 1.89. The number of aryl methyl sites for hydroxylation is 4. The number of aromatic nitrogens is 4. The first-order valence-electron chi connectivity index (χ1n) is 8.16. The fourth-order valence-electron chi connectivity index (χ4n) is 2.74. The molecule has 3 aromatic rings. The Bertz CT molecular complexity index is 964. The average molecular weight is 358 g/mol. The zero-order valence-electron chi connectivity index (χ0n) is 14.7. The molecular formula is C18H20ClN5O. The molecule has 130 valence electrons. The Morgan fingerprint density at radius 1 is 1.24 bits per heavy atom. The summed E-state index contributed by atoms with van der Waals surface area (Å²) in [5.41, 5.74) is 4.21. The standard InChI is InChI=1S/C18H20ClN5O/c1-5-16-22-18-20-11(3)14(12(4)24(18)23-16)9-17(25)21-15-8-13(19)7-6-10(15)2/h6-8H,5,9H2,1-4H3,(H,21,25). The van der Waals surface area contributed by atoms with Gasteiger partial charge in [-0.25, -0.2) is 9.50 Å². The molecule has 1 N–H and O–H groups in total. The molecule has 0 saturated carbocycles. The first-order chi connectivity index (χ1) is 11.9. The molecule has 0 saturated heterocycles. The molecular weight excluding hydrogens is 338 g/mol. The van der Waals surface area contributed by atoms with Crippen LogP contribution in [0.1, 0.15) is 35.3 Å². The molecule has 2 heterocycles. The number of amides is 1.